The van der Waals surface area contributed by atoms with E-state index in [2.05, 4.69) is 4.98 Å². The molecule has 0 aromatic carbocycles. The van der Waals surface area contributed by atoms with E-state index < -0.39 is 5.97 Å². The molecule has 0 saturated carbocycles. The number of nitrogens with zero attached hydrogens (tertiary/aromatic N) is 2. The van der Waals surface area contributed by atoms with E-state index >= 15 is 0 Å². The molecule has 1 aromatic rings. The van der Waals surface area contributed by atoms with Crippen molar-refractivity contribution in [2.45, 2.75) is 6.10 Å². The fraction of sp³-hybridized carbons (Fsp3) is 0.400. The number of carboxylic acids is 1. The summed E-state index contributed by atoms with van der Waals surface area (Å²) in [6.45, 7) is 1.40. The lowest BCUT2D eigenvalue weighted by molar-refractivity contribution is 0.0685. The van der Waals surface area contributed by atoms with Gasteiger partial charge in [0.25, 0.3) is 0 Å². The highest BCUT2D eigenvalue weighted by atomic mass is 16.5. The molecule has 5 heteroatoms. The van der Waals surface area contributed by atoms with Crippen molar-refractivity contribution in [2.75, 3.05) is 25.1 Å². The number of carbonyl (C=O) groups is 1. The van der Waals surface area contributed by atoms with Crippen LogP contribution in [0, 0.1) is 0 Å². The largest absolute Gasteiger partial charge is 0.478 e. The van der Waals surface area contributed by atoms with E-state index in [4.69, 9.17) is 9.84 Å². The third kappa shape index (κ3) is 1.78. The molecule has 0 atom stereocenters. The maximum absolute atomic E-state index is 10.9. The first-order valence-corrected chi connectivity index (χ1v) is 4.68. The molecular formula is C10H12N2O3. The summed E-state index contributed by atoms with van der Waals surface area (Å²) in [5, 5.41) is 8.96. The number of hydrogen-bond acceptors (Lipinski definition) is 4. The van der Waals surface area contributed by atoms with E-state index in [0.717, 1.165) is 0 Å². The van der Waals surface area contributed by atoms with Crippen molar-refractivity contribution in [3.63, 3.8) is 0 Å². The van der Waals surface area contributed by atoms with Crippen molar-refractivity contribution in [1.82, 2.24) is 4.98 Å². The predicted octanol–water partition coefficient (Wildman–Crippen LogP) is 0.615. The van der Waals surface area contributed by atoms with Crippen molar-refractivity contribution in [3.8, 4) is 0 Å². The molecule has 1 saturated heterocycles. The Labute approximate surface area is 87.3 Å². The fourth-order valence-corrected chi connectivity index (χ4v) is 1.58. The van der Waals surface area contributed by atoms with Crippen LogP contribution in [-0.4, -0.2) is 42.4 Å². The van der Waals surface area contributed by atoms with Gasteiger partial charge in [0.15, 0.2) is 0 Å². The van der Waals surface area contributed by atoms with Crippen LogP contribution < -0.4 is 4.90 Å². The molecule has 1 aliphatic rings. The minimum atomic E-state index is -0.945. The summed E-state index contributed by atoms with van der Waals surface area (Å²) in [4.78, 5) is 16.9. The number of ether oxygens (including phenoxy) is 1. The number of anilines is 1. The van der Waals surface area contributed by atoms with Crippen LogP contribution >= 0.6 is 0 Å². The molecule has 0 amide bonds. The van der Waals surface area contributed by atoms with Crippen LogP contribution in [0.25, 0.3) is 0 Å². The Bertz CT molecular complexity index is 375. The van der Waals surface area contributed by atoms with Gasteiger partial charge in [0.1, 0.15) is 11.4 Å². The number of aromatic nitrogens is 1. The van der Waals surface area contributed by atoms with Gasteiger partial charge >= 0.3 is 5.97 Å². The van der Waals surface area contributed by atoms with Crippen LogP contribution in [0.5, 0.6) is 0 Å². The van der Waals surface area contributed by atoms with E-state index in [1.807, 2.05) is 4.90 Å². The molecule has 0 radical (unpaired) electrons. The molecule has 2 heterocycles. The SMILES string of the molecule is COC1CN(c2ncccc2C(=O)O)C1. The maximum Gasteiger partial charge on any atom is 0.339 e. The predicted molar refractivity (Wildman–Crippen MR) is 54.2 cm³/mol. The van der Waals surface area contributed by atoms with E-state index in [9.17, 15) is 4.79 Å². The van der Waals surface area contributed by atoms with Gasteiger partial charge in [-0.05, 0) is 12.1 Å². The number of hydrogen-bond donors (Lipinski definition) is 1. The molecule has 15 heavy (non-hydrogen) atoms. The summed E-state index contributed by atoms with van der Waals surface area (Å²) in [6.07, 6.45) is 1.79. The van der Waals surface area contributed by atoms with Gasteiger partial charge in [-0.1, -0.05) is 0 Å². The topological polar surface area (TPSA) is 62.7 Å². The van der Waals surface area contributed by atoms with Crippen molar-refractivity contribution in [1.29, 1.82) is 0 Å². The van der Waals surface area contributed by atoms with Crippen LogP contribution in [0.1, 0.15) is 10.4 Å². The third-order valence-electron chi connectivity index (χ3n) is 2.50. The number of methoxy groups -OCH3 is 1. The zero-order valence-corrected chi connectivity index (χ0v) is 8.38. The molecule has 1 aromatic heterocycles. The summed E-state index contributed by atoms with van der Waals surface area (Å²) < 4.78 is 5.12. The van der Waals surface area contributed by atoms with E-state index in [-0.39, 0.29) is 11.7 Å². The molecule has 0 spiro atoms. The Kier molecular flexibility index (Phi) is 2.55. The Balaban J connectivity index is 2.18. The van der Waals surface area contributed by atoms with Gasteiger partial charge in [0.05, 0.1) is 6.10 Å². The minimum absolute atomic E-state index is 0.189. The number of carboxylic acid groups (broad SMARTS) is 1. The van der Waals surface area contributed by atoms with E-state index in [1.165, 1.54) is 0 Å². The second kappa shape index (κ2) is 3.86. The molecule has 0 bridgehead atoms. The average Bonchev–Trinajstić information content (AvgIpc) is 2.16. The Morgan fingerprint density at radius 1 is 1.67 bits per heavy atom. The van der Waals surface area contributed by atoms with Crippen LogP contribution in [-0.2, 0) is 4.74 Å². The zero-order valence-electron chi connectivity index (χ0n) is 8.38. The summed E-state index contributed by atoms with van der Waals surface area (Å²) in [5.74, 6) is -0.419. The molecule has 80 valence electrons. The Morgan fingerprint density at radius 2 is 2.40 bits per heavy atom. The Morgan fingerprint density at radius 3 is 3.00 bits per heavy atom. The van der Waals surface area contributed by atoms with Gasteiger partial charge < -0.3 is 14.7 Å². The highest BCUT2D eigenvalue weighted by Crippen LogP contribution is 2.23. The van der Waals surface area contributed by atoms with Crippen LogP contribution in [0.15, 0.2) is 18.3 Å². The van der Waals surface area contributed by atoms with Crippen LogP contribution in [0.2, 0.25) is 0 Å². The monoisotopic (exact) mass is 208 g/mol. The van der Waals surface area contributed by atoms with Gasteiger partial charge in [0.2, 0.25) is 0 Å². The number of aromatic carboxylic acids is 1. The Hall–Kier alpha value is -1.62. The zero-order chi connectivity index (χ0) is 10.8. The standard InChI is InChI=1S/C10H12N2O3/c1-15-7-5-12(6-7)9-8(10(13)14)3-2-4-11-9/h2-4,7H,5-6H2,1H3,(H,13,14). The molecule has 1 N–H and O–H groups in total. The quantitative estimate of drug-likeness (QED) is 0.788. The smallest absolute Gasteiger partial charge is 0.339 e. The molecule has 0 unspecified atom stereocenters. The first-order chi connectivity index (χ1) is 7.22. The maximum atomic E-state index is 10.9. The normalized spacial score (nSPS) is 16.2. The van der Waals surface area contributed by atoms with Crippen molar-refractivity contribution in [2.24, 2.45) is 0 Å². The lowest BCUT2D eigenvalue weighted by Crippen LogP contribution is -2.52. The van der Waals surface area contributed by atoms with Crippen LogP contribution in [0.4, 0.5) is 5.82 Å². The molecule has 1 aliphatic heterocycles. The molecule has 1 fully saturated rings. The van der Waals surface area contributed by atoms with Crippen molar-refractivity contribution >= 4 is 11.8 Å². The van der Waals surface area contributed by atoms with Gasteiger partial charge in [0, 0.05) is 26.4 Å². The van der Waals surface area contributed by atoms with Crippen molar-refractivity contribution < 1.29 is 14.6 Å². The summed E-state index contributed by atoms with van der Waals surface area (Å²) in [5.41, 5.74) is 0.243. The second-order valence-electron chi connectivity index (χ2n) is 3.44. The van der Waals surface area contributed by atoms with E-state index in [1.54, 1.807) is 25.4 Å². The lowest BCUT2D eigenvalue weighted by atomic mass is 10.1. The second-order valence-corrected chi connectivity index (χ2v) is 3.44. The number of rotatable bonds is 3. The molecule has 0 aliphatic carbocycles. The lowest BCUT2D eigenvalue weighted by Gasteiger charge is -2.39. The molecule has 2 rings (SSSR count). The average molecular weight is 208 g/mol. The van der Waals surface area contributed by atoms with E-state index in [0.29, 0.717) is 18.9 Å². The first-order valence-electron chi connectivity index (χ1n) is 4.68. The number of pyridine rings is 1. The van der Waals surface area contributed by atoms with Crippen LogP contribution in [0.3, 0.4) is 0 Å². The van der Waals surface area contributed by atoms with Gasteiger partial charge in [-0.3, -0.25) is 0 Å². The summed E-state index contributed by atoms with van der Waals surface area (Å²) in [7, 11) is 1.65. The van der Waals surface area contributed by atoms with Crippen molar-refractivity contribution in [3.05, 3.63) is 23.9 Å². The summed E-state index contributed by atoms with van der Waals surface area (Å²) >= 11 is 0. The summed E-state index contributed by atoms with van der Waals surface area (Å²) in [6, 6.07) is 3.19. The minimum Gasteiger partial charge on any atom is -0.478 e. The highest BCUT2D eigenvalue weighted by Gasteiger charge is 2.30. The van der Waals surface area contributed by atoms with Gasteiger partial charge in [-0.25, -0.2) is 9.78 Å². The van der Waals surface area contributed by atoms with Gasteiger partial charge in [-0.15, -0.1) is 0 Å². The molecular weight excluding hydrogens is 196 g/mol. The molecule has 5 nitrogen and oxygen atoms in total. The third-order valence-corrected chi connectivity index (χ3v) is 2.50. The highest BCUT2D eigenvalue weighted by molar-refractivity contribution is 5.93. The fourth-order valence-electron chi connectivity index (χ4n) is 1.58. The van der Waals surface area contributed by atoms with Gasteiger partial charge in [-0.2, -0.15) is 0 Å². The first kappa shape index (κ1) is 9.92.